The molecule has 3 aromatic carbocycles. The maximum atomic E-state index is 4.71. The molecule has 0 N–H and O–H groups in total. The van der Waals surface area contributed by atoms with Gasteiger partial charge in [0.25, 0.3) is 0 Å². The van der Waals surface area contributed by atoms with Gasteiger partial charge >= 0.3 is 0 Å². The maximum absolute atomic E-state index is 4.71. The Hall–Kier alpha value is -3.66. The van der Waals surface area contributed by atoms with Gasteiger partial charge in [-0.3, -0.25) is 4.68 Å². The monoisotopic (exact) mass is 352 g/mol. The fourth-order valence-electron chi connectivity index (χ4n) is 2.85. The van der Waals surface area contributed by atoms with Crippen molar-refractivity contribution in [3.63, 3.8) is 0 Å². The Bertz CT molecular complexity index is 953. The zero-order valence-corrected chi connectivity index (χ0v) is 14.9. The smallest absolute Gasteiger partial charge is 0.0659 e. The second-order valence-corrected chi connectivity index (χ2v) is 6.18. The lowest BCUT2D eigenvalue weighted by atomic mass is 10.2. The van der Waals surface area contributed by atoms with Gasteiger partial charge in [0.05, 0.1) is 30.3 Å². The largest absolute Gasteiger partial charge is 0.268 e. The van der Waals surface area contributed by atoms with E-state index in [2.05, 4.69) is 17.2 Å². The van der Waals surface area contributed by atoms with Crippen LogP contribution in [0.4, 0.5) is 11.4 Å². The maximum Gasteiger partial charge on any atom is 0.0659 e. The Labute approximate surface area is 159 Å². The number of hydrogen-bond donors (Lipinski definition) is 0. The van der Waals surface area contributed by atoms with E-state index in [1.165, 1.54) is 5.56 Å². The Morgan fingerprint density at radius 1 is 0.778 bits per heavy atom. The summed E-state index contributed by atoms with van der Waals surface area (Å²) in [5.41, 5.74) is 4.20. The molecule has 0 saturated carbocycles. The van der Waals surface area contributed by atoms with Crippen LogP contribution in [0, 0.1) is 0 Å². The van der Waals surface area contributed by atoms with Gasteiger partial charge in [-0.2, -0.15) is 10.2 Å². The van der Waals surface area contributed by atoms with Crippen molar-refractivity contribution in [2.45, 2.75) is 6.54 Å². The first kappa shape index (κ1) is 16.8. The predicted octanol–water partition coefficient (Wildman–Crippen LogP) is 5.10. The van der Waals surface area contributed by atoms with Gasteiger partial charge in [-0.05, 0) is 29.8 Å². The van der Waals surface area contributed by atoms with E-state index in [4.69, 9.17) is 5.10 Å². The van der Waals surface area contributed by atoms with Crippen molar-refractivity contribution >= 4 is 17.6 Å². The van der Waals surface area contributed by atoms with Gasteiger partial charge in [-0.25, -0.2) is 5.01 Å². The van der Waals surface area contributed by atoms with Gasteiger partial charge < -0.3 is 0 Å². The van der Waals surface area contributed by atoms with Crippen LogP contribution < -0.4 is 5.01 Å². The summed E-state index contributed by atoms with van der Waals surface area (Å²) in [6.07, 6.45) is 5.68. The molecule has 4 aromatic rings. The lowest BCUT2D eigenvalue weighted by Gasteiger charge is -2.18. The van der Waals surface area contributed by atoms with Gasteiger partial charge in [-0.1, -0.05) is 66.7 Å². The summed E-state index contributed by atoms with van der Waals surface area (Å²) in [6, 6.07) is 30.5. The van der Waals surface area contributed by atoms with E-state index in [0.29, 0.717) is 0 Å². The average molecular weight is 352 g/mol. The molecule has 0 saturated heterocycles. The SMILES string of the molecule is C(=N/N(c1ccccc1)c1ccccc1)/c1cnn(Cc2ccccc2)c1. The Kier molecular flexibility index (Phi) is 5.07. The first-order chi connectivity index (χ1) is 13.4. The van der Waals surface area contributed by atoms with Crippen LogP contribution in [0.3, 0.4) is 0 Å². The first-order valence-corrected chi connectivity index (χ1v) is 8.89. The molecule has 4 nitrogen and oxygen atoms in total. The molecule has 0 aliphatic heterocycles. The van der Waals surface area contributed by atoms with Crippen molar-refractivity contribution in [3.8, 4) is 0 Å². The molecule has 1 heterocycles. The van der Waals surface area contributed by atoms with E-state index in [0.717, 1.165) is 23.5 Å². The molecule has 27 heavy (non-hydrogen) atoms. The summed E-state index contributed by atoms with van der Waals surface area (Å²) in [5.74, 6) is 0. The van der Waals surface area contributed by atoms with Crippen LogP contribution in [0.15, 0.2) is 108 Å². The van der Waals surface area contributed by atoms with Gasteiger partial charge in [0.1, 0.15) is 0 Å². The summed E-state index contributed by atoms with van der Waals surface area (Å²) >= 11 is 0. The molecular formula is C23H20N4. The summed E-state index contributed by atoms with van der Waals surface area (Å²) in [4.78, 5) is 0. The third-order valence-electron chi connectivity index (χ3n) is 4.16. The molecule has 0 bridgehead atoms. The highest BCUT2D eigenvalue weighted by Crippen LogP contribution is 2.25. The Balaban J connectivity index is 1.56. The van der Waals surface area contributed by atoms with Crippen LogP contribution >= 0.6 is 0 Å². The van der Waals surface area contributed by atoms with E-state index in [9.17, 15) is 0 Å². The van der Waals surface area contributed by atoms with Crippen LogP contribution in [0.1, 0.15) is 11.1 Å². The third-order valence-corrected chi connectivity index (χ3v) is 4.16. The van der Waals surface area contributed by atoms with Gasteiger partial charge in [0.15, 0.2) is 0 Å². The molecule has 0 fully saturated rings. The fraction of sp³-hybridized carbons (Fsp3) is 0.0435. The Morgan fingerprint density at radius 3 is 1.93 bits per heavy atom. The van der Waals surface area contributed by atoms with Crippen LogP contribution in [-0.4, -0.2) is 16.0 Å². The number of rotatable bonds is 6. The van der Waals surface area contributed by atoms with Crippen molar-refractivity contribution in [3.05, 3.63) is 115 Å². The quantitative estimate of drug-likeness (QED) is 0.357. The molecular weight excluding hydrogens is 332 g/mol. The number of aromatic nitrogens is 2. The van der Waals surface area contributed by atoms with Crippen LogP contribution in [-0.2, 0) is 6.54 Å². The molecule has 0 aliphatic rings. The molecule has 4 heteroatoms. The number of benzene rings is 3. The molecule has 0 unspecified atom stereocenters. The van der Waals surface area contributed by atoms with E-state index in [1.54, 1.807) is 0 Å². The minimum atomic E-state index is 0.746. The van der Waals surface area contributed by atoms with E-state index in [-0.39, 0.29) is 0 Å². The summed E-state index contributed by atoms with van der Waals surface area (Å²) < 4.78 is 1.92. The van der Waals surface area contributed by atoms with Crippen molar-refractivity contribution < 1.29 is 0 Å². The molecule has 0 amide bonds. The van der Waals surface area contributed by atoms with Crippen LogP contribution in [0.25, 0.3) is 0 Å². The van der Waals surface area contributed by atoms with Gasteiger partial charge in [0.2, 0.25) is 0 Å². The van der Waals surface area contributed by atoms with E-state index >= 15 is 0 Å². The van der Waals surface area contributed by atoms with Crippen molar-refractivity contribution in [1.82, 2.24) is 9.78 Å². The average Bonchev–Trinajstić information content (AvgIpc) is 3.18. The Morgan fingerprint density at radius 2 is 1.33 bits per heavy atom. The van der Waals surface area contributed by atoms with Gasteiger partial charge in [-0.15, -0.1) is 0 Å². The van der Waals surface area contributed by atoms with E-state index < -0.39 is 0 Å². The lowest BCUT2D eigenvalue weighted by Crippen LogP contribution is -2.09. The molecule has 0 spiro atoms. The number of anilines is 2. The molecule has 0 atom stereocenters. The molecule has 0 radical (unpaired) electrons. The number of hydrazone groups is 1. The molecule has 0 aliphatic carbocycles. The summed E-state index contributed by atoms with van der Waals surface area (Å²) in [6.45, 7) is 0.746. The number of hydrogen-bond acceptors (Lipinski definition) is 3. The minimum Gasteiger partial charge on any atom is -0.268 e. The zero-order valence-electron chi connectivity index (χ0n) is 14.9. The highest BCUT2D eigenvalue weighted by atomic mass is 15.5. The van der Waals surface area contributed by atoms with Crippen LogP contribution in [0.2, 0.25) is 0 Å². The zero-order chi connectivity index (χ0) is 18.3. The standard InChI is InChI=1S/C23H20N4/c1-4-10-20(11-5-1)18-26-19-21(16-24-26)17-25-27(22-12-6-2-7-13-22)23-14-8-3-9-15-23/h1-17,19H,18H2/b25-17-. The van der Waals surface area contributed by atoms with E-state index in [1.807, 2.05) is 107 Å². The predicted molar refractivity (Wildman–Crippen MR) is 110 cm³/mol. The number of para-hydroxylation sites is 2. The molecule has 132 valence electrons. The third kappa shape index (κ3) is 4.30. The minimum absolute atomic E-state index is 0.746. The lowest BCUT2D eigenvalue weighted by molar-refractivity contribution is 0.687. The summed E-state index contributed by atoms with van der Waals surface area (Å²) in [5, 5.41) is 11.1. The topological polar surface area (TPSA) is 33.4 Å². The second kappa shape index (κ2) is 8.15. The number of nitrogens with zero attached hydrogens (tertiary/aromatic N) is 4. The van der Waals surface area contributed by atoms with Gasteiger partial charge in [0, 0.05) is 11.8 Å². The first-order valence-electron chi connectivity index (χ1n) is 8.89. The second-order valence-electron chi connectivity index (χ2n) is 6.18. The van der Waals surface area contributed by atoms with Crippen molar-refractivity contribution in [2.75, 3.05) is 5.01 Å². The van der Waals surface area contributed by atoms with Crippen molar-refractivity contribution in [1.29, 1.82) is 0 Å². The summed E-state index contributed by atoms with van der Waals surface area (Å²) in [7, 11) is 0. The highest BCUT2D eigenvalue weighted by molar-refractivity contribution is 5.81. The van der Waals surface area contributed by atoms with Crippen LogP contribution in [0.5, 0.6) is 0 Å². The normalized spacial score (nSPS) is 11.0. The molecule has 4 rings (SSSR count). The fourth-order valence-corrected chi connectivity index (χ4v) is 2.85. The van der Waals surface area contributed by atoms with Crippen molar-refractivity contribution in [2.24, 2.45) is 5.10 Å². The highest BCUT2D eigenvalue weighted by Gasteiger charge is 2.07. The molecule has 1 aromatic heterocycles.